The third-order valence-corrected chi connectivity index (χ3v) is 5.48. The van der Waals surface area contributed by atoms with Gasteiger partial charge >= 0.3 is 0 Å². The Balaban J connectivity index is 1.79. The van der Waals surface area contributed by atoms with Gasteiger partial charge in [0.05, 0.1) is 5.69 Å². The van der Waals surface area contributed by atoms with Crippen molar-refractivity contribution in [2.24, 2.45) is 5.92 Å². The Kier molecular flexibility index (Phi) is 5.66. The fraction of sp³-hybridized carbons (Fsp3) is 0.391. The van der Waals surface area contributed by atoms with Crippen molar-refractivity contribution in [2.45, 2.75) is 39.7 Å². The number of rotatable bonds is 7. The van der Waals surface area contributed by atoms with Crippen LogP contribution >= 0.6 is 0 Å². The molecule has 0 bridgehead atoms. The summed E-state index contributed by atoms with van der Waals surface area (Å²) in [4.78, 5) is 26.3. The Hall–Kier alpha value is -3.36. The minimum Gasteiger partial charge on any atom is -0.343 e. The zero-order valence-corrected chi connectivity index (χ0v) is 18.5. The van der Waals surface area contributed by atoms with Crippen LogP contribution in [0.4, 0.5) is 8.78 Å². The maximum atomic E-state index is 14.8. The van der Waals surface area contributed by atoms with E-state index in [4.69, 9.17) is 0 Å². The predicted molar refractivity (Wildman–Crippen MR) is 114 cm³/mol. The first-order valence-corrected chi connectivity index (χ1v) is 10.5. The Bertz CT molecular complexity index is 1210. The monoisotopic (exact) mass is 441 g/mol. The van der Waals surface area contributed by atoms with Gasteiger partial charge in [0, 0.05) is 56.1 Å². The number of hydrogen-bond acceptors (Lipinski definition) is 4. The number of carbonyl (C=O) groups is 2. The lowest BCUT2D eigenvalue weighted by molar-refractivity contribution is 0.0819. The van der Waals surface area contributed by atoms with E-state index in [1.807, 2.05) is 6.20 Å². The summed E-state index contributed by atoms with van der Waals surface area (Å²) in [5.41, 5.74) is 1.97. The predicted octanol–water partition coefficient (Wildman–Crippen LogP) is 3.56. The van der Waals surface area contributed by atoms with E-state index in [2.05, 4.69) is 10.2 Å². The molecule has 2 aromatic heterocycles. The van der Waals surface area contributed by atoms with Gasteiger partial charge in [0.1, 0.15) is 11.5 Å². The normalized spacial score (nSPS) is 13.4. The van der Waals surface area contributed by atoms with E-state index in [9.17, 15) is 18.4 Å². The highest BCUT2D eigenvalue weighted by Gasteiger charge is 2.26. The van der Waals surface area contributed by atoms with Crippen molar-refractivity contribution in [3.63, 3.8) is 0 Å². The fourth-order valence-electron chi connectivity index (χ4n) is 3.76. The summed E-state index contributed by atoms with van der Waals surface area (Å²) in [6.45, 7) is 3.74. The summed E-state index contributed by atoms with van der Waals surface area (Å²) in [6.07, 6.45) is 4.38. The van der Waals surface area contributed by atoms with Crippen LogP contribution in [-0.2, 0) is 13.0 Å². The minimum absolute atomic E-state index is 0.0964. The number of nitrogens with zero attached hydrogens (tertiary/aromatic N) is 5. The highest BCUT2D eigenvalue weighted by atomic mass is 19.1. The Labute approximate surface area is 184 Å². The maximum absolute atomic E-state index is 14.8. The first-order valence-electron chi connectivity index (χ1n) is 10.5. The van der Waals surface area contributed by atoms with Gasteiger partial charge in [-0.3, -0.25) is 14.3 Å². The summed E-state index contributed by atoms with van der Waals surface area (Å²) >= 11 is 0. The van der Waals surface area contributed by atoms with E-state index in [-0.39, 0.29) is 23.6 Å². The van der Waals surface area contributed by atoms with Crippen LogP contribution in [-0.4, -0.2) is 50.2 Å². The molecule has 3 aromatic rings. The van der Waals surface area contributed by atoms with Crippen molar-refractivity contribution in [3.8, 4) is 5.69 Å². The Morgan fingerprint density at radius 1 is 1.16 bits per heavy atom. The molecule has 1 aromatic carbocycles. The van der Waals surface area contributed by atoms with Crippen molar-refractivity contribution >= 4 is 11.7 Å². The summed E-state index contributed by atoms with van der Waals surface area (Å²) < 4.78 is 31.7. The van der Waals surface area contributed by atoms with Gasteiger partial charge in [0.25, 0.3) is 5.91 Å². The van der Waals surface area contributed by atoms with E-state index in [0.29, 0.717) is 28.6 Å². The molecule has 9 heteroatoms. The van der Waals surface area contributed by atoms with E-state index in [1.165, 1.54) is 16.5 Å². The largest absolute Gasteiger partial charge is 0.343 e. The molecular weight excluding hydrogens is 416 g/mol. The fourth-order valence-corrected chi connectivity index (χ4v) is 3.76. The second-order valence-electron chi connectivity index (χ2n) is 8.57. The molecule has 1 aliphatic rings. The van der Waals surface area contributed by atoms with E-state index < -0.39 is 17.4 Å². The molecule has 1 saturated carbocycles. The SMILES string of the molecule is CC(=O)c1cc(F)cc(F)c1-n1nc(C)cc1Cc1cn(CC2CC2)nc1C(=O)N(C)C. The average Bonchev–Trinajstić information content (AvgIpc) is 3.32. The molecule has 0 spiro atoms. The third-order valence-electron chi connectivity index (χ3n) is 5.48. The smallest absolute Gasteiger partial charge is 0.274 e. The van der Waals surface area contributed by atoms with Crippen LogP contribution in [0.1, 0.15) is 57.6 Å². The summed E-state index contributed by atoms with van der Waals surface area (Å²) in [7, 11) is 3.32. The summed E-state index contributed by atoms with van der Waals surface area (Å²) in [5, 5.41) is 8.87. The van der Waals surface area contributed by atoms with Gasteiger partial charge in [0.15, 0.2) is 17.3 Å². The number of amides is 1. The molecule has 7 nitrogen and oxygen atoms in total. The van der Waals surface area contributed by atoms with Gasteiger partial charge in [-0.05, 0) is 44.7 Å². The molecule has 0 unspecified atom stereocenters. The average molecular weight is 441 g/mol. The van der Waals surface area contributed by atoms with Crippen molar-refractivity contribution < 1.29 is 18.4 Å². The van der Waals surface area contributed by atoms with Gasteiger partial charge < -0.3 is 4.90 Å². The number of aromatic nitrogens is 4. The second kappa shape index (κ2) is 8.29. The van der Waals surface area contributed by atoms with Crippen molar-refractivity contribution in [1.29, 1.82) is 0 Å². The molecule has 1 amide bonds. The van der Waals surface area contributed by atoms with Gasteiger partial charge in [0.2, 0.25) is 0 Å². The number of hydrogen-bond donors (Lipinski definition) is 0. The molecule has 0 atom stereocenters. The molecular formula is C23H25F2N5O2. The topological polar surface area (TPSA) is 73.0 Å². The second-order valence-corrected chi connectivity index (χ2v) is 8.57. The molecule has 32 heavy (non-hydrogen) atoms. The van der Waals surface area contributed by atoms with E-state index in [0.717, 1.165) is 31.5 Å². The van der Waals surface area contributed by atoms with Crippen LogP contribution in [0.3, 0.4) is 0 Å². The minimum atomic E-state index is -0.881. The molecule has 0 radical (unpaired) electrons. The van der Waals surface area contributed by atoms with E-state index in [1.54, 1.807) is 31.8 Å². The lowest BCUT2D eigenvalue weighted by atomic mass is 10.1. The van der Waals surface area contributed by atoms with Gasteiger partial charge in [-0.15, -0.1) is 0 Å². The molecule has 1 fully saturated rings. The number of benzene rings is 1. The van der Waals surface area contributed by atoms with Gasteiger partial charge in [-0.1, -0.05) is 0 Å². The lowest BCUT2D eigenvalue weighted by Gasteiger charge is -2.13. The van der Waals surface area contributed by atoms with Crippen LogP contribution in [0.5, 0.6) is 0 Å². The molecule has 4 rings (SSSR count). The summed E-state index contributed by atoms with van der Waals surface area (Å²) in [5.74, 6) is -1.84. The van der Waals surface area contributed by atoms with Gasteiger partial charge in [-0.25, -0.2) is 13.5 Å². The van der Waals surface area contributed by atoms with E-state index >= 15 is 0 Å². The zero-order chi connectivity index (χ0) is 23.2. The molecule has 2 heterocycles. The highest BCUT2D eigenvalue weighted by Crippen LogP contribution is 2.31. The van der Waals surface area contributed by atoms with Crippen molar-refractivity contribution in [1.82, 2.24) is 24.5 Å². The first kappa shape index (κ1) is 21.9. The van der Waals surface area contributed by atoms with Crippen LogP contribution in [0, 0.1) is 24.5 Å². The van der Waals surface area contributed by atoms with Crippen molar-refractivity contribution in [2.75, 3.05) is 14.1 Å². The lowest BCUT2D eigenvalue weighted by Crippen LogP contribution is -2.23. The summed E-state index contributed by atoms with van der Waals surface area (Å²) in [6, 6.07) is 3.50. The van der Waals surface area contributed by atoms with Crippen LogP contribution < -0.4 is 0 Å². The van der Waals surface area contributed by atoms with Gasteiger partial charge in [-0.2, -0.15) is 10.2 Å². The number of carbonyl (C=O) groups excluding carboxylic acids is 2. The quantitative estimate of drug-likeness (QED) is 0.526. The zero-order valence-electron chi connectivity index (χ0n) is 18.5. The number of Topliss-reactive ketones (excluding diaryl/α,β-unsaturated/α-hetero) is 1. The standard InChI is InChI=1S/C23H25F2N5O2/c1-13-7-18(30(26-13)22-19(14(2)31)9-17(24)10-20(22)25)8-16-12-29(11-15-5-6-15)27-21(16)23(32)28(3)4/h7,9-10,12,15H,5-6,8,11H2,1-4H3. The number of ketones is 1. The molecule has 168 valence electrons. The molecule has 0 aliphatic heterocycles. The van der Waals surface area contributed by atoms with Crippen LogP contribution in [0.25, 0.3) is 5.69 Å². The maximum Gasteiger partial charge on any atom is 0.274 e. The number of halogens is 2. The first-order chi connectivity index (χ1) is 15.1. The van der Waals surface area contributed by atoms with Crippen molar-refractivity contribution in [3.05, 3.63) is 64.2 Å². The highest BCUT2D eigenvalue weighted by molar-refractivity contribution is 5.97. The molecule has 0 saturated heterocycles. The molecule has 0 N–H and O–H groups in total. The Morgan fingerprint density at radius 3 is 2.50 bits per heavy atom. The third kappa shape index (κ3) is 4.32. The molecule has 1 aliphatic carbocycles. The Morgan fingerprint density at radius 2 is 1.88 bits per heavy atom. The van der Waals surface area contributed by atoms with Crippen LogP contribution in [0.2, 0.25) is 0 Å². The van der Waals surface area contributed by atoms with Crippen LogP contribution in [0.15, 0.2) is 24.4 Å². The number of aryl methyl sites for hydroxylation is 1.